The maximum absolute atomic E-state index is 4.70. The summed E-state index contributed by atoms with van der Waals surface area (Å²) in [4.78, 5) is 13.9. The van der Waals surface area contributed by atoms with Crippen LogP contribution in [0.3, 0.4) is 0 Å². The summed E-state index contributed by atoms with van der Waals surface area (Å²) in [7, 11) is 0. The second-order valence-corrected chi connectivity index (χ2v) is 8.51. The van der Waals surface area contributed by atoms with Crippen LogP contribution in [-0.4, -0.2) is 25.0 Å². The monoisotopic (exact) mass is 437 g/mol. The van der Waals surface area contributed by atoms with Crippen LogP contribution in [0.2, 0.25) is 0 Å². The second-order valence-electron chi connectivity index (χ2n) is 8.51. The van der Waals surface area contributed by atoms with Crippen molar-refractivity contribution in [3.05, 3.63) is 126 Å². The highest BCUT2D eigenvalue weighted by atomic mass is 15.6. The van der Waals surface area contributed by atoms with E-state index < -0.39 is 0 Å². The molecule has 0 atom stereocenters. The molecule has 1 aromatic carbocycles. The van der Waals surface area contributed by atoms with E-state index in [-0.39, 0.29) is 0 Å². The molecule has 5 heteroatoms. The van der Waals surface area contributed by atoms with Crippen molar-refractivity contribution < 1.29 is 0 Å². The predicted octanol–water partition coefficient (Wildman–Crippen LogP) is 5.61. The van der Waals surface area contributed by atoms with Crippen molar-refractivity contribution in [2.75, 3.05) is 0 Å². The first-order valence-corrected chi connectivity index (χ1v) is 11.5. The molecular formula is C28H31N5. The van der Waals surface area contributed by atoms with E-state index in [0.717, 1.165) is 23.6 Å². The third kappa shape index (κ3) is 6.78. The molecule has 0 spiro atoms. The van der Waals surface area contributed by atoms with Gasteiger partial charge in [0.2, 0.25) is 0 Å². The predicted molar refractivity (Wildman–Crippen MR) is 132 cm³/mol. The lowest BCUT2D eigenvalue weighted by Gasteiger charge is -2.35. The number of nitrogens with zero attached hydrogens (tertiary/aromatic N) is 5. The summed E-state index contributed by atoms with van der Waals surface area (Å²) >= 11 is 0. The normalized spacial score (nSPS) is 11.4. The molecule has 3 heterocycles. The van der Waals surface area contributed by atoms with Gasteiger partial charge in [-0.3, -0.25) is 15.0 Å². The Morgan fingerprint density at radius 2 is 1.12 bits per heavy atom. The van der Waals surface area contributed by atoms with Crippen LogP contribution < -0.4 is 0 Å². The number of hydrogen-bond donors (Lipinski definition) is 0. The standard InChI is InChI=1S/C28H31N5/c1-23(2)25-14-17-31-28(18-25)22-33(21-27-13-7-9-16-30-27)32(19-24-10-4-3-5-11-24)20-26-12-6-8-15-29-26/h3-18,23H,19-22H2,1-2H3. The third-order valence-corrected chi connectivity index (χ3v) is 5.60. The van der Waals surface area contributed by atoms with Crippen LogP contribution in [0.25, 0.3) is 0 Å². The molecule has 0 amide bonds. The highest BCUT2D eigenvalue weighted by Gasteiger charge is 2.19. The van der Waals surface area contributed by atoms with Gasteiger partial charge in [-0.15, -0.1) is 0 Å². The topological polar surface area (TPSA) is 45.2 Å². The van der Waals surface area contributed by atoms with E-state index in [4.69, 9.17) is 4.98 Å². The van der Waals surface area contributed by atoms with Gasteiger partial charge in [0, 0.05) is 25.1 Å². The van der Waals surface area contributed by atoms with E-state index in [1.165, 1.54) is 11.1 Å². The van der Waals surface area contributed by atoms with Crippen molar-refractivity contribution in [2.45, 2.75) is 45.9 Å². The van der Waals surface area contributed by atoms with Crippen LogP contribution >= 0.6 is 0 Å². The number of benzene rings is 1. The molecule has 0 fully saturated rings. The van der Waals surface area contributed by atoms with Crippen molar-refractivity contribution in [3.8, 4) is 0 Å². The number of hydrazine groups is 1. The minimum absolute atomic E-state index is 0.463. The fourth-order valence-electron chi connectivity index (χ4n) is 3.79. The minimum Gasteiger partial charge on any atom is -0.260 e. The fraction of sp³-hybridized carbons (Fsp3) is 0.250. The molecule has 0 N–H and O–H groups in total. The Kier molecular flexibility index (Phi) is 7.90. The van der Waals surface area contributed by atoms with Gasteiger partial charge in [0.05, 0.1) is 36.7 Å². The van der Waals surface area contributed by atoms with Crippen molar-refractivity contribution in [1.29, 1.82) is 0 Å². The second kappa shape index (κ2) is 11.5. The molecule has 4 aromatic rings. The molecule has 0 saturated carbocycles. The Bertz CT molecular complexity index is 1060. The fourth-order valence-corrected chi connectivity index (χ4v) is 3.79. The molecule has 0 bridgehead atoms. The van der Waals surface area contributed by atoms with E-state index in [1.807, 2.05) is 42.9 Å². The van der Waals surface area contributed by atoms with Gasteiger partial charge in [0.1, 0.15) is 0 Å². The zero-order valence-corrected chi connectivity index (χ0v) is 19.4. The van der Waals surface area contributed by atoms with Gasteiger partial charge in [-0.1, -0.05) is 56.3 Å². The molecule has 0 unspecified atom stereocenters. The van der Waals surface area contributed by atoms with Gasteiger partial charge in [-0.2, -0.15) is 0 Å². The first-order valence-electron chi connectivity index (χ1n) is 11.5. The molecule has 5 nitrogen and oxygen atoms in total. The van der Waals surface area contributed by atoms with Crippen LogP contribution in [0.15, 0.2) is 97.5 Å². The highest BCUT2D eigenvalue weighted by Crippen LogP contribution is 2.19. The summed E-state index contributed by atoms with van der Waals surface area (Å²) in [5, 5.41) is 4.70. The molecule has 33 heavy (non-hydrogen) atoms. The first kappa shape index (κ1) is 22.8. The Hall–Kier alpha value is -3.41. The first-order chi connectivity index (χ1) is 16.2. The van der Waals surface area contributed by atoms with Crippen LogP contribution in [0.5, 0.6) is 0 Å². The number of rotatable bonds is 10. The van der Waals surface area contributed by atoms with Gasteiger partial charge in [0.15, 0.2) is 0 Å². The van der Waals surface area contributed by atoms with Crippen LogP contribution in [-0.2, 0) is 26.2 Å². The molecule has 0 radical (unpaired) electrons. The van der Waals surface area contributed by atoms with Crippen LogP contribution in [0.1, 0.15) is 48.0 Å². The van der Waals surface area contributed by atoms with Gasteiger partial charge in [-0.05, 0) is 53.4 Å². The summed E-state index contributed by atoms with van der Waals surface area (Å²) < 4.78 is 0. The van der Waals surface area contributed by atoms with Gasteiger partial charge in [0.25, 0.3) is 0 Å². The van der Waals surface area contributed by atoms with Gasteiger partial charge >= 0.3 is 0 Å². The minimum atomic E-state index is 0.463. The average Bonchev–Trinajstić information content (AvgIpc) is 2.85. The van der Waals surface area contributed by atoms with E-state index >= 15 is 0 Å². The Labute approximate surface area is 196 Å². The van der Waals surface area contributed by atoms with Crippen LogP contribution in [0, 0.1) is 0 Å². The number of pyridine rings is 3. The van der Waals surface area contributed by atoms with Crippen molar-refractivity contribution in [1.82, 2.24) is 25.0 Å². The summed E-state index contributed by atoms with van der Waals surface area (Å²) in [6.45, 7) is 7.28. The smallest absolute Gasteiger partial charge is 0.0562 e. The van der Waals surface area contributed by atoms with Crippen LogP contribution in [0.4, 0.5) is 0 Å². The quantitative estimate of drug-likeness (QED) is 0.302. The molecule has 0 aliphatic heterocycles. The molecule has 3 aromatic heterocycles. The van der Waals surface area contributed by atoms with E-state index in [1.54, 1.807) is 0 Å². The van der Waals surface area contributed by atoms with Crippen molar-refractivity contribution in [3.63, 3.8) is 0 Å². The molecule has 0 saturated heterocycles. The van der Waals surface area contributed by atoms with Crippen molar-refractivity contribution >= 4 is 0 Å². The SMILES string of the molecule is CC(C)c1ccnc(CN(Cc2ccccn2)N(Cc2ccccc2)Cc2ccccn2)c1. The number of hydrogen-bond acceptors (Lipinski definition) is 5. The summed E-state index contributed by atoms with van der Waals surface area (Å²) in [6.07, 6.45) is 5.63. The third-order valence-electron chi connectivity index (χ3n) is 5.60. The Morgan fingerprint density at radius 3 is 1.70 bits per heavy atom. The Balaban J connectivity index is 1.67. The Morgan fingerprint density at radius 1 is 0.576 bits per heavy atom. The maximum Gasteiger partial charge on any atom is 0.0562 e. The summed E-state index contributed by atoms with van der Waals surface area (Å²) in [6, 6.07) is 27.0. The zero-order chi connectivity index (χ0) is 22.9. The lowest BCUT2D eigenvalue weighted by atomic mass is 10.0. The zero-order valence-electron chi connectivity index (χ0n) is 19.4. The van der Waals surface area contributed by atoms with Crippen molar-refractivity contribution in [2.24, 2.45) is 0 Å². The van der Waals surface area contributed by atoms with Gasteiger partial charge < -0.3 is 0 Å². The lowest BCUT2D eigenvalue weighted by Crippen LogP contribution is -2.41. The molecule has 4 rings (SSSR count). The molecule has 168 valence electrons. The van der Waals surface area contributed by atoms with E-state index in [9.17, 15) is 0 Å². The van der Waals surface area contributed by atoms with Gasteiger partial charge in [-0.25, -0.2) is 10.0 Å². The molecule has 0 aliphatic carbocycles. The lowest BCUT2D eigenvalue weighted by molar-refractivity contribution is -0.0598. The van der Waals surface area contributed by atoms with E-state index in [0.29, 0.717) is 25.6 Å². The maximum atomic E-state index is 4.70. The molecular weight excluding hydrogens is 406 g/mol. The summed E-state index contributed by atoms with van der Waals surface area (Å²) in [5.74, 6) is 0.463. The highest BCUT2D eigenvalue weighted by molar-refractivity contribution is 5.20. The van der Waals surface area contributed by atoms with E-state index in [2.05, 4.69) is 88.4 Å². The largest absolute Gasteiger partial charge is 0.260 e. The number of aromatic nitrogens is 3. The average molecular weight is 438 g/mol. The molecule has 0 aliphatic rings. The summed E-state index contributed by atoms with van der Waals surface area (Å²) in [5.41, 5.74) is 5.66.